The zero-order valence-electron chi connectivity index (χ0n) is 16.8. The molecule has 2 heterocycles. The number of carbonyl (C=O) groups is 1. The van der Waals surface area contributed by atoms with Gasteiger partial charge in [0.25, 0.3) is 5.91 Å². The van der Waals surface area contributed by atoms with Crippen LogP contribution in [-0.4, -0.2) is 10.9 Å². The molecule has 2 N–H and O–H groups in total. The summed E-state index contributed by atoms with van der Waals surface area (Å²) in [5.41, 5.74) is 3.25. The number of anilines is 1. The molecule has 0 aliphatic carbocycles. The molecule has 7 heteroatoms. The van der Waals surface area contributed by atoms with E-state index in [1.807, 2.05) is 54.6 Å². The summed E-state index contributed by atoms with van der Waals surface area (Å²) in [7, 11) is 0. The summed E-state index contributed by atoms with van der Waals surface area (Å²) in [6.45, 7) is 0. The minimum atomic E-state index is -0.494. The van der Waals surface area contributed by atoms with Crippen molar-refractivity contribution < 1.29 is 9.21 Å². The van der Waals surface area contributed by atoms with Gasteiger partial charge in [0.2, 0.25) is 5.13 Å². The molecule has 0 aliphatic heterocycles. The van der Waals surface area contributed by atoms with Crippen LogP contribution in [-0.2, 0) is 0 Å². The zero-order valence-corrected chi connectivity index (χ0v) is 17.6. The highest BCUT2D eigenvalue weighted by atomic mass is 32.1. The van der Waals surface area contributed by atoms with E-state index in [2.05, 4.69) is 4.98 Å². The van der Waals surface area contributed by atoms with E-state index >= 15 is 0 Å². The summed E-state index contributed by atoms with van der Waals surface area (Å²) in [6.07, 6.45) is 0. The Morgan fingerprint density at radius 1 is 0.906 bits per heavy atom. The highest BCUT2D eigenvalue weighted by Gasteiger charge is 2.19. The fourth-order valence-corrected chi connectivity index (χ4v) is 4.15. The number of fused-ring (bicyclic) bond motifs is 1. The van der Waals surface area contributed by atoms with Crippen molar-refractivity contribution >= 4 is 33.3 Å². The standard InChI is InChI=1S/C25H17N3O3S/c26-28(23(29)18-12-10-17(11-13-18)16-6-2-1-3-7-16)25-27-21(15-32-25)20-14-19-8-4-5-9-22(19)31-24(20)30/h1-15H,26H2. The molecule has 0 spiro atoms. The Morgan fingerprint density at radius 2 is 1.59 bits per heavy atom. The van der Waals surface area contributed by atoms with Crippen LogP contribution in [0, 0.1) is 0 Å². The molecule has 0 saturated carbocycles. The second-order valence-corrected chi connectivity index (χ2v) is 7.96. The lowest BCUT2D eigenvalue weighted by Gasteiger charge is -2.13. The first-order chi connectivity index (χ1) is 15.6. The van der Waals surface area contributed by atoms with Gasteiger partial charge in [-0.1, -0.05) is 60.7 Å². The van der Waals surface area contributed by atoms with Gasteiger partial charge in [-0.25, -0.2) is 20.6 Å². The Balaban J connectivity index is 1.40. The maximum absolute atomic E-state index is 12.9. The first-order valence-electron chi connectivity index (χ1n) is 9.83. The first kappa shape index (κ1) is 19.9. The molecule has 3 aromatic carbocycles. The third kappa shape index (κ3) is 3.71. The second-order valence-electron chi connectivity index (χ2n) is 7.12. The molecular weight excluding hydrogens is 422 g/mol. The minimum Gasteiger partial charge on any atom is -0.422 e. The van der Waals surface area contributed by atoms with Crippen molar-refractivity contribution in [2.24, 2.45) is 5.84 Å². The SMILES string of the molecule is NN(C(=O)c1ccc(-c2ccccc2)cc1)c1nc(-c2cc3ccccc3oc2=O)cs1. The summed E-state index contributed by atoms with van der Waals surface area (Å²) in [6, 6.07) is 26.1. The van der Waals surface area contributed by atoms with Gasteiger partial charge >= 0.3 is 5.63 Å². The lowest BCUT2D eigenvalue weighted by Crippen LogP contribution is -2.37. The van der Waals surface area contributed by atoms with Gasteiger partial charge in [-0.3, -0.25) is 4.79 Å². The number of nitrogens with zero attached hydrogens (tertiary/aromatic N) is 2. The number of para-hydroxylation sites is 1. The summed E-state index contributed by atoms with van der Waals surface area (Å²) < 4.78 is 5.38. The number of amides is 1. The Labute approximate surface area is 187 Å². The average Bonchev–Trinajstić information content (AvgIpc) is 3.33. The molecule has 0 atom stereocenters. The van der Waals surface area contributed by atoms with Crippen LogP contribution < -0.4 is 16.5 Å². The summed E-state index contributed by atoms with van der Waals surface area (Å²) in [5, 5.41) is 3.75. The molecule has 0 saturated heterocycles. The summed E-state index contributed by atoms with van der Waals surface area (Å²) in [4.78, 5) is 29.7. The Morgan fingerprint density at radius 3 is 2.38 bits per heavy atom. The van der Waals surface area contributed by atoms with Crippen molar-refractivity contribution in [2.75, 3.05) is 5.01 Å². The largest absolute Gasteiger partial charge is 0.422 e. The lowest BCUT2D eigenvalue weighted by atomic mass is 10.0. The van der Waals surface area contributed by atoms with Crippen molar-refractivity contribution in [3.63, 3.8) is 0 Å². The molecule has 0 aliphatic rings. The topological polar surface area (TPSA) is 89.4 Å². The number of carbonyl (C=O) groups excluding carboxylic acids is 1. The fraction of sp³-hybridized carbons (Fsp3) is 0. The molecule has 2 aromatic heterocycles. The van der Waals surface area contributed by atoms with E-state index in [9.17, 15) is 9.59 Å². The minimum absolute atomic E-state index is 0.282. The van der Waals surface area contributed by atoms with Gasteiger partial charge in [-0.2, -0.15) is 0 Å². The fourth-order valence-electron chi connectivity index (χ4n) is 3.40. The van der Waals surface area contributed by atoms with E-state index in [0.29, 0.717) is 22.4 Å². The number of nitrogens with two attached hydrogens (primary N) is 1. The maximum atomic E-state index is 12.9. The first-order valence-corrected chi connectivity index (χ1v) is 10.7. The van der Waals surface area contributed by atoms with Gasteiger partial charge in [-0.05, 0) is 35.4 Å². The number of hydrogen-bond donors (Lipinski definition) is 1. The number of rotatable bonds is 4. The van der Waals surface area contributed by atoms with Crippen LogP contribution in [0.3, 0.4) is 0 Å². The van der Waals surface area contributed by atoms with Crippen LogP contribution in [0.1, 0.15) is 10.4 Å². The van der Waals surface area contributed by atoms with Crippen molar-refractivity contribution in [2.45, 2.75) is 0 Å². The number of thiazole rings is 1. The zero-order chi connectivity index (χ0) is 22.1. The van der Waals surface area contributed by atoms with E-state index in [0.717, 1.165) is 21.5 Å². The molecule has 5 rings (SSSR count). The molecule has 0 radical (unpaired) electrons. The van der Waals surface area contributed by atoms with Crippen molar-refractivity contribution in [3.05, 3.63) is 106 Å². The van der Waals surface area contributed by atoms with E-state index in [1.165, 1.54) is 11.3 Å². The van der Waals surface area contributed by atoms with Gasteiger partial charge in [0.1, 0.15) is 5.58 Å². The predicted molar refractivity (Wildman–Crippen MR) is 126 cm³/mol. The van der Waals surface area contributed by atoms with Crippen molar-refractivity contribution in [1.82, 2.24) is 4.98 Å². The predicted octanol–water partition coefficient (Wildman–Crippen LogP) is 5.10. The van der Waals surface area contributed by atoms with Crippen LogP contribution in [0.15, 0.2) is 99.5 Å². The van der Waals surface area contributed by atoms with Crippen LogP contribution in [0.4, 0.5) is 5.13 Å². The number of aromatic nitrogens is 1. The molecule has 0 bridgehead atoms. The molecule has 1 amide bonds. The molecule has 6 nitrogen and oxygen atoms in total. The average molecular weight is 439 g/mol. The van der Waals surface area contributed by atoms with Gasteiger partial charge < -0.3 is 4.42 Å². The smallest absolute Gasteiger partial charge is 0.345 e. The van der Waals surface area contributed by atoms with Crippen molar-refractivity contribution in [1.29, 1.82) is 0 Å². The molecule has 5 aromatic rings. The van der Waals surface area contributed by atoms with Gasteiger partial charge in [0, 0.05) is 16.3 Å². The molecule has 0 fully saturated rings. The van der Waals surface area contributed by atoms with Gasteiger partial charge in [-0.15, -0.1) is 11.3 Å². The number of hydrazine groups is 1. The third-order valence-electron chi connectivity index (χ3n) is 5.07. The Bertz CT molecular complexity index is 1470. The van der Waals surface area contributed by atoms with Crippen LogP contribution >= 0.6 is 11.3 Å². The Kier molecular flexibility index (Phi) is 5.10. The van der Waals surface area contributed by atoms with E-state index in [1.54, 1.807) is 35.7 Å². The quantitative estimate of drug-likeness (QED) is 0.182. The highest BCUT2D eigenvalue weighted by Crippen LogP contribution is 2.27. The van der Waals surface area contributed by atoms with Gasteiger partial charge in [0.05, 0.1) is 11.3 Å². The highest BCUT2D eigenvalue weighted by molar-refractivity contribution is 7.14. The number of hydrogen-bond acceptors (Lipinski definition) is 6. The number of benzene rings is 3. The second kappa shape index (κ2) is 8.22. The maximum Gasteiger partial charge on any atom is 0.345 e. The van der Waals surface area contributed by atoms with Crippen LogP contribution in [0.5, 0.6) is 0 Å². The monoisotopic (exact) mass is 439 g/mol. The van der Waals surface area contributed by atoms with E-state index in [4.69, 9.17) is 10.3 Å². The lowest BCUT2D eigenvalue weighted by molar-refractivity contribution is 0.0987. The molecular formula is C25H17N3O3S. The van der Waals surface area contributed by atoms with E-state index in [-0.39, 0.29) is 5.13 Å². The van der Waals surface area contributed by atoms with E-state index < -0.39 is 11.5 Å². The molecule has 0 unspecified atom stereocenters. The van der Waals surface area contributed by atoms with Crippen molar-refractivity contribution in [3.8, 4) is 22.4 Å². The normalized spacial score (nSPS) is 10.9. The molecule has 156 valence electrons. The summed E-state index contributed by atoms with van der Waals surface area (Å²) in [5.74, 6) is 5.68. The summed E-state index contributed by atoms with van der Waals surface area (Å²) >= 11 is 1.18. The van der Waals surface area contributed by atoms with Crippen LogP contribution in [0.2, 0.25) is 0 Å². The Hall–Kier alpha value is -4.07. The van der Waals surface area contributed by atoms with Gasteiger partial charge in [0.15, 0.2) is 0 Å². The van der Waals surface area contributed by atoms with Crippen LogP contribution in [0.25, 0.3) is 33.4 Å². The molecule has 32 heavy (non-hydrogen) atoms. The third-order valence-corrected chi connectivity index (χ3v) is 5.91.